The molecular weight excluding hydrogens is 396 g/mol. The van der Waals surface area contributed by atoms with Crippen LogP contribution in [0.25, 0.3) is 0 Å². The van der Waals surface area contributed by atoms with Crippen molar-refractivity contribution in [2.45, 2.75) is 88.5 Å². The first kappa shape index (κ1) is 23.3. The SMILES string of the molecule is CC1=CC(OC2OC(CO)C(O)C(O)C2O)CC(C)=CC2OC(=O)C(C)(O)C2CC1. The number of esters is 1. The Labute approximate surface area is 175 Å². The van der Waals surface area contributed by atoms with E-state index < -0.39 is 61.1 Å². The first-order valence-corrected chi connectivity index (χ1v) is 10.3. The van der Waals surface area contributed by atoms with Gasteiger partial charge in [0.25, 0.3) is 0 Å². The van der Waals surface area contributed by atoms with E-state index in [9.17, 15) is 30.3 Å². The molecule has 170 valence electrons. The van der Waals surface area contributed by atoms with Crippen molar-refractivity contribution in [1.82, 2.24) is 0 Å². The van der Waals surface area contributed by atoms with Gasteiger partial charge >= 0.3 is 5.97 Å². The number of aliphatic hydroxyl groups is 5. The lowest BCUT2D eigenvalue weighted by molar-refractivity contribution is -0.307. The number of hydrogen-bond acceptors (Lipinski definition) is 9. The number of ether oxygens (including phenoxy) is 3. The maximum atomic E-state index is 12.1. The van der Waals surface area contributed by atoms with E-state index in [1.54, 1.807) is 0 Å². The van der Waals surface area contributed by atoms with Gasteiger partial charge in [-0.3, -0.25) is 0 Å². The van der Waals surface area contributed by atoms with Crippen LogP contribution < -0.4 is 0 Å². The van der Waals surface area contributed by atoms with Crippen LogP contribution in [0.5, 0.6) is 0 Å². The summed E-state index contributed by atoms with van der Waals surface area (Å²) in [7, 11) is 0. The quantitative estimate of drug-likeness (QED) is 0.298. The summed E-state index contributed by atoms with van der Waals surface area (Å²) < 4.78 is 16.8. The molecule has 2 fully saturated rings. The van der Waals surface area contributed by atoms with Crippen molar-refractivity contribution >= 4 is 5.97 Å². The van der Waals surface area contributed by atoms with Gasteiger partial charge in [0.1, 0.15) is 30.5 Å². The van der Waals surface area contributed by atoms with Crippen LogP contribution in [-0.2, 0) is 19.0 Å². The molecule has 9 heteroatoms. The predicted octanol–water partition coefficient (Wildman–Crippen LogP) is -0.459. The molecule has 9 nitrogen and oxygen atoms in total. The molecule has 0 aromatic carbocycles. The highest BCUT2D eigenvalue weighted by atomic mass is 16.7. The van der Waals surface area contributed by atoms with Crippen LogP contribution >= 0.6 is 0 Å². The third-order valence-electron chi connectivity index (χ3n) is 6.22. The maximum absolute atomic E-state index is 12.1. The Hall–Kier alpha value is -1.33. The number of fused-ring (bicyclic) bond motifs is 1. The fraction of sp³-hybridized carbons (Fsp3) is 0.762. The van der Waals surface area contributed by atoms with Crippen LogP contribution in [0.4, 0.5) is 0 Å². The molecule has 0 amide bonds. The number of allylic oxidation sites excluding steroid dienone is 1. The standard InChI is InChI=1S/C21H32O9/c1-10-4-5-13-14(30-20(26)21(13,3)27)8-11(2)7-12(6-10)28-19-18(25)17(24)16(23)15(9-22)29-19/h6,8,12-19,22-25,27H,4-5,7,9H2,1-3H3. The molecule has 2 saturated heterocycles. The molecule has 0 bridgehead atoms. The zero-order valence-corrected chi connectivity index (χ0v) is 17.5. The third kappa shape index (κ3) is 4.62. The van der Waals surface area contributed by atoms with Gasteiger partial charge in [0.05, 0.1) is 12.7 Å². The van der Waals surface area contributed by atoms with Crippen molar-refractivity contribution in [2.24, 2.45) is 5.92 Å². The average Bonchev–Trinajstić information content (AvgIpc) is 2.88. The Kier molecular flexibility index (Phi) is 7.03. The Morgan fingerprint density at radius 2 is 1.83 bits per heavy atom. The van der Waals surface area contributed by atoms with Crippen molar-refractivity contribution in [1.29, 1.82) is 0 Å². The van der Waals surface area contributed by atoms with Crippen LogP contribution in [-0.4, -0.2) is 86.6 Å². The number of carbonyl (C=O) groups is 1. The first-order chi connectivity index (χ1) is 14.0. The smallest absolute Gasteiger partial charge is 0.338 e. The molecule has 0 radical (unpaired) electrons. The monoisotopic (exact) mass is 428 g/mol. The van der Waals surface area contributed by atoms with Crippen molar-refractivity contribution in [2.75, 3.05) is 6.61 Å². The second kappa shape index (κ2) is 9.04. The number of carbonyl (C=O) groups excluding carboxylic acids is 1. The van der Waals surface area contributed by atoms with E-state index in [0.717, 1.165) is 11.1 Å². The van der Waals surface area contributed by atoms with Gasteiger partial charge in [-0.05, 0) is 46.1 Å². The highest BCUT2D eigenvalue weighted by Gasteiger charge is 2.52. The minimum Gasteiger partial charge on any atom is -0.456 e. The van der Waals surface area contributed by atoms with Gasteiger partial charge in [0.15, 0.2) is 11.9 Å². The van der Waals surface area contributed by atoms with Crippen molar-refractivity contribution in [3.8, 4) is 0 Å². The van der Waals surface area contributed by atoms with Crippen molar-refractivity contribution in [3.05, 3.63) is 23.3 Å². The van der Waals surface area contributed by atoms with Crippen LogP contribution in [0.2, 0.25) is 0 Å². The second-order valence-corrected chi connectivity index (χ2v) is 8.76. The summed E-state index contributed by atoms with van der Waals surface area (Å²) in [5.74, 6) is -0.984. The van der Waals surface area contributed by atoms with Crippen molar-refractivity contribution < 1.29 is 44.5 Å². The Morgan fingerprint density at radius 3 is 2.50 bits per heavy atom. The van der Waals surface area contributed by atoms with Crippen LogP contribution in [0, 0.1) is 5.92 Å². The van der Waals surface area contributed by atoms with Gasteiger partial charge in [-0.2, -0.15) is 0 Å². The van der Waals surface area contributed by atoms with Gasteiger partial charge in [0, 0.05) is 5.92 Å². The molecule has 0 spiro atoms. The number of hydrogen-bond donors (Lipinski definition) is 5. The summed E-state index contributed by atoms with van der Waals surface area (Å²) in [5.41, 5.74) is 0.289. The molecule has 2 aliphatic heterocycles. The van der Waals surface area contributed by atoms with E-state index in [2.05, 4.69) is 0 Å². The van der Waals surface area contributed by atoms with E-state index >= 15 is 0 Å². The lowest BCUT2D eigenvalue weighted by Crippen LogP contribution is -2.59. The van der Waals surface area contributed by atoms with Crippen molar-refractivity contribution in [3.63, 3.8) is 0 Å². The summed E-state index contributed by atoms with van der Waals surface area (Å²) in [6.07, 6.45) is -2.54. The van der Waals surface area contributed by atoms with Gasteiger partial charge in [0.2, 0.25) is 0 Å². The van der Waals surface area contributed by atoms with Crippen LogP contribution in [0.15, 0.2) is 23.3 Å². The summed E-state index contributed by atoms with van der Waals surface area (Å²) in [6.45, 7) is 4.72. The minimum atomic E-state index is -1.53. The Bertz CT molecular complexity index is 699. The van der Waals surface area contributed by atoms with Crippen LogP contribution in [0.3, 0.4) is 0 Å². The summed E-state index contributed by atoms with van der Waals surface area (Å²) in [4.78, 5) is 12.1. The van der Waals surface area contributed by atoms with E-state index in [0.29, 0.717) is 19.3 Å². The third-order valence-corrected chi connectivity index (χ3v) is 6.22. The molecule has 2 heterocycles. The number of rotatable bonds is 3. The lowest BCUT2D eigenvalue weighted by atomic mass is 9.81. The highest BCUT2D eigenvalue weighted by molar-refractivity contribution is 5.82. The van der Waals surface area contributed by atoms with E-state index in [1.165, 1.54) is 6.92 Å². The second-order valence-electron chi connectivity index (χ2n) is 8.76. The summed E-state index contributed by atoms with van der Waals surface area (Å²) in [5, 5.41) is 50.1. The first-order valence-electron chi connectivity index (χ1n) is 10.3. The van der Waals surface area contributed by atoms with E-state index in [1.807, 2.05) is 26.0 Å². The fourth-order valence-corrected chi connectivity index (χ4v) is 4.34. The molecule has 1 aliphatic carbocycles. The average molecular weight is 428 g/mol. The molecule has 9 unspecified atom stereocenters. The molecule has 0 aromatic heterocycles. The van der Waals surface area contributed by atoms with Gasteiger partial charge in [-0.15, -0.1) is 0 Å². The molecule has 30 heavy (non-hydrogen) atoms. The Morgan fingerprint density at radius 1 is 1.13 bits per heavy atom. The van der Waals surface area contributed by atoms with E-state index in [-0.39, 0.29) is 5.92 Å². The topological polar surface area (TPSA) is 146 Å². The molecule has 3 aliphatic rings. The van der Waals surface area contributed by atoms with E-state index in [4.69, 9.17) is 14.2 Å². The number of aliphatic hydroxyl groups excluding tert-OH is 4. The largest absolute Gasteiger partial charge is 0.456 e. The van der Waals surface area contributed by atoms with Gasteiger partial charge in [-0.25, -0.2) is 4.79 Å². The van der Waals surface area contributed by atoms with Crippen LogP contribution in [0.1, 0.15) is 40.0 Å². The molecule has 9 atom stereocenters. The normalized spacial score (nSPS) is 45.3. The van der Waals surface area contributed by atoms with Gasteiger partial charge < -0.3 is 39.7 Å². The predicted molar refractivity (Wildman–Crippen MR) is 104 cm³/mol. The fourth-order valence-electron chi connectivity index (χ4n) is 4.34. The molecule has 0 saturated carbocycles. The minimum absolute atomic E-state index is 0.355. The zero-order chi connectivity index (χ0) is 22.2. The lowest BCUT2D eigenvalue weighted by Gasteiger charge is -2.40. The summed E-state index contributed by atoms with van der Waals surface area (Å²) >= 11 is 0. The Balaban J connectivity index is 1.78. The maximum Gasteiger partial charge on any atom is 0.338 e. The highest BCUT2D eigenvalue weighted by Crippen LogP contribution is 2.38. The van der Waals surface area contributed by atoms with Gasteiger partial charge in [-0.1, -0.05) is 17.2 Å². The summed E-state index contributed by atoms with van der Waals surface area (Å²) in [6, 6.07) is 0. The molecule has 5 N–H and O–H groups in total. The zero-order valence-electron chi connectivity index (χ0n) is 17.5. The molecule has 3 rings (SSSR count). The molecule has 0 aromatic rings. The molecular formula is C21H32O9.